The number of hydrogen-bond donors (Lipinski definition) is 4. The molecule has 0 bridgehead atoms. The summed E-state index contributed by atoms with van der Waals surface area (Å²) in [6, 6.07) is 21.1. The maximum absolute atomic E-state index is 13.0. The average molecular weight is 472 g/mol. The number of carbonyl (C=O) groups is 1. The van der Waals surface area contributed by atoms with Gasteiger partial charge in [0.25, 0.3) is 5.91 Å². The molecule has 0 heterocycles. The van der Waals surface area contributed by atoms with Crippen LogP contribution in [0.25, 0.3) is 0 Å². The molecule has 1 amide bonds. The zero-order valence-corrected chi connectivity index (χ0v) is 19.2. The highest BCUT2D eigenvalue weighted by Gasteiger charge is 2.16. The van der Waals surface area contributed by atoms with Crippen LogP contribution in [-0.4, -0.2) is 23.3 Å². The van der Waals surface area contributed by atoms with E-state index in [4.69, 9.17) is 10.5 Å². The summed E-state index contributed by atoms with van der Waals surface area (Å²) in [6.45, 7) is 3.95. The number of nitrogens with one attached hydrogen (secondary N) is 3. The Morgan fingerprint density at radius 2 is 1.53 bits per heavy atom. The van der Waals surface area contributed by atoms with E-state index < -0.39 is 12.5 Å². The number of benzene rings is 3. The topological polar surface area (TPSA) is 85.2 Å². The monoisotopic (exact) mass is 471 g/mol. The van der Waals surface area contributed by atoms with Crippen molar-refractivity contribution in [1.82, 2.24) is 0 Å². The summed E-state index contributed by atoms with van der Waals surface area (Å²) in [6.07, 6.45) is 0. The third-order valence-electron chi connectivity index (χ3n) is 4.83. The van der Waals surface area contributed by atoms with Crippen LogP contribution in [0, 0.1) is 11.2 Å². The fourth-order valence-electron chi connectivity index (χ4n) is 3.02. The lowest BCUT2D eigenvalue weighted by Crippen LogP contribution is -2.24. The minimum Gasteiger partial charge on any atom is -0.380 e. The van der Waals surface area contributed by atoms with Gasteiger partial charge < -0.3 is 15.7 Å². The van der Waals surface area contributed by atoms with Crippen LogP contribution in [0.15, 0.2) is 72.8 Å². The minimum atomic E-state index is -3.17. The van der Waals surface area contributed by atoms with Gasteiger partial charge in [-0.3, -0.25) is 10.2 Å². The molecule has 0 unspecified atom stereocenters. The highest BCUT2D eigenvalue weighted by molar-refractivity contribution is 6.48. The van der Waals surface area contributed by atoms with Crippen LogP contribution < -0.4 is 10.6 Å². The number of aliphatic hydroxyl groups is 1. The first-order valence-electron chi connectivity index (χ1n) is 10.5. The Morgan fingerprint density at radius 1 is 0.971 bits per heavy atom. The van der Waals surface area contributed by atoms with Crippen LogP contribution >= 0.6 is 0 Å². The van der Waals surface area contributed by atoms with Crippen LogP contribution in [0.3, 0.4) is 0 Å². The van der Waals surface area contributed by atoms with Crippen molar-refractivity contribution in [3.05, 3.63) is 95.3 Å². The van der Waals surface area contributed by atoms with E-state index in [0.29, 0.717) is 23.5 Å². The molecule has 0 radical (unpaired) electrons. The fourth-order valence-corrected chi connectivity index (χ4v) is 3.02. The van der Waals surface area contributed by atoms with Gasteiger partial charge in [0, 0.05) is 23.5 Å². The molecule has 0 atom stereocenters. The lowest BCUT2D eigenvalue weighted by atomic mass is 9.87. The van der Waals surface area contributed by atoms with Crippen molar-refractivity contribution in [3.8, 4) is 0 Å². The maximum atomic E-state index is 13.0. The smallest absolute Gasteiger partial charge is 0.342 e. The summed E-state index contributed by atoms with van der Waals surface area (Å²) in [5.41, 5.74) is 3.97. The van der Waals surface area contributed by atoms with Crippen molar-refractivity contribution in [1.29, 1.82) is 5.41 Å². The summed E-state index contributed by atoms with van der Waals surface area (Å²) < 4.78 is 32.8. The normalized spacial score (nSPS) is 10.8. The fraction of sp³-hybridized carbons (Fsp3) is 0.231. The van der Waals surface area contributed by atoms with Crippen molar-refractivity contribution in [2.24, 2.45) is 0 Å². The molecule has 3 aromatic rings. The lowest BCUT2D eigenvalue weighted by molar-refractivity contribution is -0.110. The Hall–Kier alpha value is -3.65. The molecule has 0 spiro atoms. The lowest BCUT2D eigenvalue weighted by Gasteiger charge is -2.19. The molecule has 0 aliphatic heterocycles. The zero-order chi connectivity index (χ0) is 25.3. The standard InChI is InChI=1S/C25H26FN3O.CH2F2O/c1-25(2,3)18-10-8-17(9-11-18)16-28-22-7-5-4-6-21(22)23(27)24(30)29-20-14-12-19(26)13-15-20;2-1(3)4/h4-15,27-28H,16H2,1-3H3,(H,29,30);1,4H. The van der Waals surface area contributed by atoms with E-state index in [1.165, 1.54) is 29.8 Å². The van der Waals surface area contributed by atoms with Crippen LogP contribution in [0.1, 0.15) is 37.5 Å². The SMILES string of the molecule is CC(C)(C)c1ccc(CNc2ccccc2C(=N)C(=O)Nc2ccc(F)cc2)cc1.OC(F)F. The first kappa shape index (κ1) is 26.6. The van der Waals surface area contributed by atoms with E-state index in [0.717, 1.165) is 5.56 Å². The Morgan fingerprint density at radius 3 is 2.09 bits per heavy atom. The van der Waals surface area contributed by atoms with E-state index in [2.05, 4.69) is 55.7 Å². The largest absolute Gasteiger partial charge is 0.380 e. The summed E-state index contributed by atoms with van der Waals surface area (Å²) >= 11 is 0. The molecular formula is C26H28F3N3O2. The van der Waals surface area contributed by atoms with E-state index in [1.807, 2.05) is 12.1 Å². The van der Waals surface area contributed by atoms with E-state index >= 15 is 0 Å². The van der Waals surface area contributed by atoms with E-state index in [9.17, 15) is 18.0 Å². The molecule has 5 nitrogen and oxygen atoms in total. The summed E-state index contributed by atoms with van der Waals surface area (Å²) in [5.74, 6) is -0.932. The molecule has 0 aliphatic carbocycles. The average Bonchev–Trinajstić information content (AvgIpc) is 2.78. The number of rotatable bonds is 6. The van der Waals surface area contributed by atoms with Crippen molar-refractivity contribution >= 4 is 23.0 Å². The second-order valence-corrected chi connectivity index (χ2v) is 8.46. The van der Waals surface area contributed by atoms with Crippen LogP contribution in [-0.2, 0) is 16.8 Å². The molecule has 3 aromatic carbocycles. The molecule has 0 aliphatic rings. The third kappa shape index (κ3) is 8.37. The van der Waals surface area contributed by atoms with E-state index in [1.54, 1.807) is 12.1 Å². The van der Waals surface area contributed by atoms with Crippen LogP contribution in [0.2, 0.25) is 0 Å². The quantitative estimate of drug-likeness (QED) is 0.336. The van der Waals surface area contributed by atoms with Gasteiger partial charge in [-0.1, -0.05) is 63.2 Å². The molecule has 4 N–H and O–H groups in total. The van der Waals surface area contributed by atoms with E-state index in [-0.39, 0.29) is 16.9 Å². The van der Waals surface area contributed by atoms with Gasteiger partial charge in [-0.25, -0.2) is 4.39 Å². The Labute approximate surface area is 197 Å². The molecule has 3 rings (SSSR count). The molecule has 180 valence electrons. The maximum Gasteiger partial charge on any atom is 0.342 e. The molecule has 0 saturated carbocycles. The van der Waals surface area contributed by atoms with Crippen molar-refractivity contribution in [3.63, 3.8) is 0 Å². The summed E-state index contributed by atoms with van der Waals surface area (Å²) in [5, 5.41) is 21.0. The van der Waals surface area contributed by atoms with Gasteiger partial charge in [0.1, 0.15) is 11.5 Å². The summed E-state index contributed by atoms with van der Waals surface area (Å²) in [4.78, 5) is 12.5. The number of anilines is 2. The number of carbonyl (C=O) groups excluding carboxylic acids is 1. The van der Waals surface area contributed by atoms with Gasteiger partial charge >= 0.3 is 6.61 Å². The number of aliphatic hydroxyl groups excluding tert-OH is 1. The van der Waals surface area contributed by atoms with Gasteiger partial charge in [-0.05, 0) is 46.9 Å². The third-order valence-corrected chi connectivity index (χ3v) is 4.83. The van der Waals surface area contributed by atoms with Crippen molar-refractivity contribution in [2.75, 3.05) is 10.6 Å². The summed E-state index contributed by atoms with van der Waals surface area (Å²) in [7, 11) is 0. The van der Waals surface area contributed by atoms with Crippen LogP contribution in [0.4, 0.5) is 24.5 Å². The molecule has 0 aromatic heterocycles. The predicted octanol–water partition coefficient (Wildman–Crippen LogP) is 5.94. The number of amides is 1. The number of alkyl halides is 2. The van der Waals surface area contributed by atoms with Gasteiger partial charge in [0.05, 0.1) is 0 Å². The number of hydrogen-bond acceptors (Lipinski definition) is 4. The van der Waals surface area contributed by atoms with Gasteiger partial charge in [-0.2, -0.15) is 8.78 Å². The van der Waals surface area contributed by atoms with Crippen molar-refractivity contribution < 1.29 is 23.1 Å². The second kappa shape index (κ2) is 12.0. The predicted molar refractivity (Wildman–Crippen MR) is 129 cm³/mol. The second-order valence-electron chi connectivity index (χ2n) is 8.46. The highest BCUT2D eigenvalue weighted by Crippen LogP contribution is 2.23. The Kier molecular flexibility index (Phi) is 9.38. The number of halogens is 3. The zero-order valence-electron chi connectivity index (χ0n) is 19.2. The van der Waals surface area contributed by atoms with Gasteiger partial charge in [-0.15, -0.1) is 0 Å². The highest BCUT2D eigenvalue weighted by atomic mass is 19.3. The Balaban J connectivity index is 0.000000945. The first-order chi connectivity index (χ1) is 16.0. The molecule has 34 heavy (non-hydrogen) atoms. The molecule has 0 saturated heterocycles. The first-order valence-corrected chi connectivity index (χ1v) is 10.5. The van der Waals surface area contributed by atoms with Crippen LogP contribution in [0.5, 0.6) is 0 Å². The van der Waals surface area contributed by atoms with Gasteiger partial charge in [0.2, 0.25) is 0 Å². The Bertz CT molecular complexity index is 1090. The van der Waals surface area contributed by atoms with Gasteiger partial charge in [0.15, 0.2) is 0 Å². The molecular weight excluding hydrogens is 443 g/mol. The molecule has 8 heteroatoms. The number of para-hydroxylation sites is 1. The minimum absolute atomic E-state index is 0.103. The molecule has 0 fully saturated rings. The van der Waals surface area contributed by atoms with Crippen molar-refractivity contribution in [2.45, 2.75) is 39.3 Å².